The first-order valence-electron chi connectivity index (χ1n) is 5.05. The number of hydrogen-bond donors (Lipinski definition) is 0. The maximum Gasteiger partial charge on any atom is 0.223 e. The minimum atomic E-state index is 0.0854. The first kappa shape index (κ1) is 7.80. The maximum atomic E-state index is 11.6. The van der Waals surface area contributed by atoms with Crippen LogP contribution in [0.25, 0.3) is 0 Å². The van der Waals surface area contributed by atoms with Crippen molar-refractivity contribution in [1.82, 2.24) is 4.90 Å². The third-order valence-electron chi connectivity index (χ3n) is 4.21. The normalized spacial score (nSPS) is 53.2. The average Bonchev–Trinajstić information content (AvgIpc) is 2.82. The predicted molar refractivity (Wildman–Crippen MR) is 47.1 cm³/mol. The number of hydrogen-bond acceptors (Lipinski definition) is 2. The summed E-state index contributed by atoms with van der Waals surface area (Å²) in [6, 6.07) is 0.369. The molecule has 72 valence electrons. The lowest BCUT2D eigenvalue weighted by Crippen LogP contribution is -2.51. The van der Waals surface area contributed by atoms with E-state index in [1.54, 1.807) is 0 Å². The van der Waals surface area contributed by atoms with Gasteiger partial charge in [-0.25, -0.2) is 0 Å². The fraction of sp³-hybridized carbons (Fsp3) is 0.900. The van der Waals surface area contributed by atoms with E-state index in [2.05, 4.69) is 6.92 Å². The number of carbonyl (C=O) groups excluding carboxylic acids is 1. The summed E-state index contributed by atoms with van der Waals surface area (Å²) in [6.45, 7) is 3.13. The molecule has 2 saturated heterocycles. The molecule has 3 aliphatic rings. The Labute approximate surface area is 78.0 Å². The summed E-state index contributed by atoms with van der Waals surface area (Å²) >= 11 is 0. The van der Waals surface area contributed by atoms with Crippen molar-refractivity contribution in [2.75, 3.05) is 13.7 Å². The molecule has 3 nitrogen and oxygen atoms in total. The number of amides is 1. The summed E-state index contributed by atoms with van der Waals surface area (Å²) < 4.78 is 5.62. The minimum Gasteiger partial charge on any atom is -0.367 e. The molecule has 0 aromatic carbocycles. The van der Waals surface area contributed by atoms with E-state index in [4.69, 9.17) is 4.74 Å². The lowest BCUT2D eigenvalue weighted by atomic mass is 9.84. The van der Waals surface area contributed by atoms with Gasteiger partial charge in [0, 0.05) is 19.4 Å². The molecule has 0 radical (unpaired) electrons. The Morgan fingerprint density at radius 2 is 2.31 bits per heavy atom. The van der Waals surface area contributed by atoms with Crippen molar-refractivity contribution in [1.29, 1.82) is 0 Å². The summed E-state index contributed by atoms with van der Waals surface area (Å²) in [5.74, 6) is 1.46. The lowest BCUT2D eigenvalue weighted by Gasteiger charge is -2.35. The van der Waals surface area contributed by atoms with Crippen LogP contribution < -0.4 is 0 Å². The molecule has 0 N–H and O–H groups in total. The number of epoxide rings is 1. The zero-order valence-electron chi connectivity index (χ0n) is 8.12. The second-order valence-electron chi connectivity index (χ2n) is 4.79. The van der Waals surface area contributed by atoms with E-state index < -0.39 is 0 Å². The molecule has 0 aromatic heterocycles. The molecule has 3 heteroatoms. The molecular formula is C10H15NO2. The summed E-state index contributed by atoms with van der Waals surface area (Å²) in [7, 11) is 1.92. The molecule has 3 unspecified atom stereocenters. The molecular weight excluding hydrogens is 166 g/mol. The Morgan fingerprint density at radius 3 is 2.92 bits per heavy atom. The monoisotopic (exact) mass is 181 g/mol. The minimum absolute atomic E-state index is 0.0854. The van der Waals surface area contributed by atoms with Crippen LogP contribution in [0, 0.1) is 11.8 Å². The first-order valence-corrected chi connectivity index (χ1v) is 5.05. The Morgan fingerprint density at radius 1 is 1.62 bits per heavy atom. The van der Waals surface area contributed by atoms with E-state index in [9.17, 15) is 4.79 Å². The molecule has 4 atom stereocenters. The van der Waals surface area contributed by atoms with Gasteiger partial charge in [0.25, 0.3) is 0 Å². The van der Waals surface area contributed by atoms with E-state index >= 15 is 0 Å². The largest absolute Gasteiger partial charge is 0.367 e. The molecule has 1 saturated carbocycles. The van der Waals surface area contributed by atoms with Crippen molar-refractivity contribution in [3.63, 3.8) is 0 Å². The molecule has 2 heterocycles. The van der Waals surface area contributed by atoms with Gasteiger partial charge in [-0.15, -0.1) is 0 Å². The van der Waals surface area contributed by atoms with Crippen LogP contribution in [0.4, 0.5) is 0 Å². The zero-order valence-corrected chi connectivity index (χ0v) is 8.12. The summed E-state index contributed by atoms with van der Waals surface area (Å²) in [6.07, 6.45) is 1.83. The highest BCUT2D eigenvalue weighted by Crippen LogP contribution is 2.56. The van der Waals surface area contributed by atoms with Crippen LogP contribution in [-0.2, 0) is 9.53 Å². The van der Waals surface area contributed by atoms with Gasteiger partial charge in [-0.05, 0) is 12.3 Å². The van der Waals surface area contributed by atoms with Crippen LogP contribution in [0.3, 0.4) is 0 Å². The van der Waals surface area contributed by atoms with Gasteiger partial charge in [0.1, 0.15) is 5.60 Å². The topological polar surface area (TPSA) is 32.8 Å². The average molecular weight is 181 g/mol. The summed E-state index contributed by atoms with van der Waals surface area (Å²) in [5, 5.41) is 0. The van der Waals surface area contributed by atoms with Gasteiger partial charge in [0.2, 0.25) is 5.91 Å². The molecule has 0 aromatic rings. The zero-order chi connectivity index (χ0) is 9.22. The molecule has 3 fully saturated rings. The van der Waals surface area contributed by atoms with Gasteiger partial charge in [0.05, 0.1) is 12.6 Å². The number of rotatable bonds is 0. The van der Waals surface area contributed by atoms with Crippen LogP contribution in [0.1, 0.15) is 19.8 Å². The second kappa shape index (κ2) is 2.08. The van der Waals surface area contributed by atoms with Crippen molar-refractivity contribution in [2.45, 2.75) is 31.4 Å². The van der Waals surface area contributed by atoms with Crippen molar-refractivity contribution >= 4 is 5.91 Å². The number of likely N-dealkylation sites (N-methyl/N-ethyl adjacent to an activating group) is 1. The highest BCUT2D eigenvalue weighted by Gasteiger charge is 2.67. The molecule has 1 amide bonds. The SMILES string of the molecule is C[C@@H]1CC2N(C)C(=O)CC1C21CO1. The van der Waals surface area contributed by atoms with Crippen molar-refractivity contribution in [2.24, 2.45) is 11.8 Å². The highest BCUT2D eigenvalue weighted by atomic mass is 16.6. The number of carbonyl (C=O) groups is 1. The molecule has 1 aliphatic carbocycles. The number of ether oxygens (including phenoxy) is 1. The van der Waals surface area contributed by atoms with E-state index in [1.807, 2.05) is 11.9 Å². The maximum absolute atomic E-state index is 11.6. The van der Waals surface area contributed by atoms with Crippen molar-refractivity contribution in [3.05, 3.63) is 0 Å². The number of likely N-dealkylation sites (tertiary alicyclic amines) is 1. The Balaban J connectivity index is 2.00. The molecule has 2 bridgehead atoms. The fourth-order valence-electron chi connectivity index (χ4n) is 3.30. The molecule has 3 rings (SSSR count). The number of nitrogens with zero attached hydrogens (tertiary/aromatic N) is 1. The smallest absolute Gasteiger partial charge is 0.223 e. The highest BCUT2D eigenvalue weighted by molar-refractivity contribution is 5.79. The predicted octanol–water partition coefficient (Wildman–Crippen LogP) is 0.642. The van der Waals surface area contributed by atoms with Gasteiger partial charge in [-0.2, -0.15) is 0 Å². The van der Waals surface area contributed by atoms with Crippen molar-refractivity contribution in [3.8, 4) is 0 Å². The fourth-order valence-corrected chi connectivity index (χ4v) is 3.30. The third kappa shape index (κ3) is 0.766. The quantitative estimate of drug-likeness (QED) is 0.514. The van der Waals surface area contributed by atoms with E-state index in [0.717, 1.165) is 13.0 Å². The second-order valence-corrected chi connectivity index (χ2v) is 4.79. The Bertz CT molecular complexity index is 272. The van der Waals surface area contributed by atoms with Gasteiger partial charge in [0.15, 0.2) is 0 Å². The molecule has 13 heavy (non-hydrogen) atoms. The summed E-state index contributed by atoms with van der Waals surface area (Å²) in [5.41, 5.74) is 0.0854. The van der Waals surface area contributed by atoms with Gasteiger partial charge < -0.3 is 9.64 Å². The van der Waals surface area contributed by atoms with Gasteiger partial charge in [-0.1, -0.05) is 6.92 Å². The van der Waals surface area contributed by atoms with Gasteiger partial charge in [-0.3, -0.25) is 4.79 Å². The lowest BCUT2D eigenvalue weighted by molar-refractivity contribution is -0.138. The molecule has 2 aliphatic heterocycles. The van der Waals surface area contributed by atoms with Crippen LogP contribution in [0.2, 0.25) is 0 Å². The van der Waals surface area contributed by atoms with E-state index in [-0.39, 0.29) is 5.60 Å². The van der Waals surface area contributed by atoms with Crippen molar-refractivity contribution < 1.29 is 9.53 Å². The third-order valence-corrected chi connectivity index (χ3v) is 4.21. The first-order chi connectivity index (χ1) is 6.15. The van der Waals surface area contributed by atoms with Crippen LogP contribution in [-0.4, -0.2) is 36.1 Å². The van der Waals surface area contributed by atoms with Crippen LogP contribution in [0.5, 0.6) is 0 Å². The number of piperidine rings is 1. The molecule has 1 spiro atoms. The standard InChI is InChI=1S/C10H15NO2/c1-6-3-8-10(5-13-10)7(6)4-9(12)11(8)2/h6-8H,3-5H2,1-2H3/t6-,7?,8?,10?/m1/s1. The van der Waals surface area contributed by atoms with Crippen LogP contribution in [0.15, 0.2) is 0 Å². The van der Waals surface area contributed by atoms with Crippen LogP contribution >= 0.6 is 0 Å². The summed E-state index contributed by atoms with van der Waals surface area (Å²) in [4.78, 5) is 13.5. The van der Waals surface area contributed by atoms with Gasteiger partial charge >= 0.3 is 0 Å². The van der Waals surface area contributed by atoms with E-state index in [0.29, 0.717) is 30.2 Å². The Kier molecular flexibility index (Phi) is 1.25. The Hall–Kier alpha value is -0.570. The van der Waals surface area contributed by atoms with E-state index in [1.165, 1.54) is 0 Å².